The second kappa shape index (κ2) is 7.79. The average molecular weight is 428 g/mol. The molecule has 156 valence electrons. The largest absolute Gasteiger partial charge is 0.322 e. The summed E-state index contributed by atoms with van der Waals surface area (Å²) in [7, 11) is -3.25. The van der Waals surface area contributed by atoms with Gasteiger partial charge in [0.15, 0.2) is 0 Å². The molecule has 2 aliphatic heterocycles. The number of anilines is 3. The summed E-state index contributed by atoms with van der Waals surface area (Å²) in [6, 6.07) is 12.9. The van der Waals surface area contributed by atoms with Crippen LogP contribution in [0.25, 0.3) is 0 Å². The van der Waals surface area contributed by atoms with Crippen LogP contribution in [0, 0.1) is 0 Å². The molecule has 10 heteroatoms. The van der Waals surface area contributed by atoms with Crippen molar-refractivity contribution in [2.75, 3.05) is 26.9 Å². The minimum Gasteiger partial charge on any atom is -0.322 e. The molecule has 2 saturated heterocycles. The van der Waals surface area contributed by atoms with Gasteiger partial charge in [-0.25, -0.2) is 13.4 Å². The normalized spacial score (nSPS) is 18.3. The van der Waals surface area contributed by atoms with Crippen LogP contribution in [-0.4, -0.2) is 38.4 Å². The monoisotopic (exact) mass is 428 g/mol. The highest BCUT2D eigenvalue weighted by atomic mass is 32.2. The molecule has 0 saturated carbocycles. The molecule has 9 nitrogen and oxygen atoms in total. The fraction of sp³-hybridized carbons (Fsp3) is 0.250. The van der Waals surface area contributed by atoms with Crippen LogP contribution in [0.2, 0.25) is 0 Å². The Kier molecular flexibility index (Phi) is 5.17. The van der Waals surface area contributed by atoms with E-state index in [9.17, 15) is 22.8 Å². The van der Waals surface area contributed by atoms with Gasteiger partial charge >= 0.3 is 0 Å². The van der Waals surface area contributed by atoms with E-state index >= 15 is 0 Å². The van der Waals surface area contributed by atoms with Crippen molar-refractivity contribution in [1.82, 2.24) is 5.43 Å². The Bertz CT molecular complexity index is 1100. The standard InChI is InChI=1S/C20H20N4O5S/c25-18-10-11-19(26)24(22-18)17-6-2-14(3-7-17)20(27)21-15-4-8-16(9-5-15)23-12-1-13-30(23,28)29/h2-9H,1,10-13H2,(H,21,27)(H,22,25). The lowest BCUT2D eigenvalue weighted by atomic mass is 10.1. The maximum Gasteiger partial charge on any atom is 0.255 e. The number of carbonyl (C=O) groups excluding carboxylic acids is 3. The van der Waals surface area contributed by atoms with Crippen LogP contribution in [0.1, 0.15) is 29.6 Å². The van der Waals surface area contributed by atoms with E-state index in [2.05, 4.69) is 10.7 Å². The Morgan fingerprint density at radius 1 is 0.933 bits per heavy atom. The molecule has 4 rings (SSSR count). The molecule has 2 fully saturated rings. The van der Waals surface area contributed by atoms with Gasteiger partial charge in [-0.15, -0.1) is 0 Å². The Morgan fingerprint density at radius 2 is 1.60 bits per heavy atom. The summed E-state index contributed by atoms with van der Waals surface area (Å²) in [6.45, 7) is 0.459. The van der Waals surface area contributed by atoms with E-state index in [1.54, 1.807) is 48.5 Å². The maximum absolute atomic E-state index is 12.5. The molecule has 0 unspecified atom stereocenters. The lowest BCUT2D eigenvalue weighted by molar-refractivity contribution is -0.130. The summed E-state index contributed by atoms with van der Waals surface area (Å²) in [6.07, 6.45) is 0.907. The third-order valence-electron chi connectivity index (χ3n) is 4.95. The van der Waals surface area contributed by atoms with E-state index in [1.165, 1.54) is 9.31 Å². The average Bonchev–Trinajstić information content (AvgIpc) is 3.09. The molecule has 0 radical (unpaired) electrons. The highest BCUT2D eigenvalue weighted by Gasteiger charge is 2.28. The molecule has 3 amide bonds. The zero-order valence-corrected chi connectivity index (χ0v) is 16.8. The summed E-state index contributed by atoms with van der Waals surface area (Å²) in [5.74, 6) is -0.653. The van der Waals surface area contributed by atoms with Gasteiger partial charge in [-0.05, 0) is 55.0 Å². The summed E-state index contributed by atoms with van der Waals surface area (Å²) in [4.78, 5) is 36.0. The van der Waals surface area contributed by atoms with E-state index in [1.807, 2.05) is 0 Å². The molecule has 0 bridgehead atoms. The Hall–Kier alpha value is -3.40. The number of hydrogen-bond acceptors (Lipinski definition) is 5. The van der Waals surface area contributed by atoms with Gasteiger partial charge in [0.05, 0.1) is 17.1 Å². The number of benzene rings is 2. The number of carbonyl (C=O) groups is 3. The van der Waals surface area contributed by atoms with Crippen molar-refractivity contribution in [3.63, 3.8) is 0 Å². The molecule has 0 aromatic heterocycles. The van der Waals surface area contributed by atoms with Crippen molar-refractivity contribution >= 4 is 44.8 Å². The van der Waals surface area contributed by atoms with E-state index in [0.29, 0.717) is 35.6 Å². The van der Waals surface area contributed by atoms with Crippen molar-refractivity contribution < 1.29 is 22.8 Å². The van der Waals surface area contributed by atoms with Crippen molar-refractivity contribution in [2.24, 2.45) is 0 Å². The number of nitrogens with one attached hydrogen (secondary N) is 2. The molecule has 2 aromatic rings. The van der Waals surface area contributed by atoms with Crippen LogP contribution in [-0.2, 0) is 19.6 Å². The smallest absolute Gasteiger partial charge is 0.255 e. The Morgan fingerprint density at radius 3 is 2.23 bits per heavy atom. The minimum absolute atomic E-state index is 0.142. The number of nitrogens with zero attached hydrogens (tertiary/aromatic N) is 2. The fourth-order valence-corrected chi connectivity index (χ4v) is 4.95. The number of sulfonamides is 1. The summed E-state index contributed by atoms with van der Waals surface area (Å²) < 4.78 is 25.4. The third-order valence-corrected chi connectivity index (χ3v) is 6.82. The topological polar surface area (TPSA) is 116 Å². The predicted octanol–water partition coefficient (Wildman–Crippen LogP) is 1.64. The molecule has 0 spiro atoms. The first-order valence-electron chi connectivity index (χ1n) is 9.48. The second-order valence-corrected chi connectivity index (χ2v) is 9.07. The van der Waals surface area contributed by atoms with Crippen molar-refractivity contribution in [2.45, 2.75) is 19.3 Å². The molecule has 0 atom stereocenters. The first-order valence-corrected chi connectivity index (χ1v) is 11.1. The predicted molar refractivity (Wildman–Crippen MR) is 111 cm³/mol. The first-order chi connectivity index (χ1) is 14.3. The van der Waals surface area contributed by atoms with Gasteiger partial charge in [0.1, 0.15) is 0 Å². The Labute approximate surface area is 173 Å². The molecular weight excluding hydrogens is 408 g/mol. The van der Waals surface area contributed by atoms with Gasteiger partial charge in [-0.1, -0.05) is 0 Å². The molecule has 30 heavy (non-hydrogen) atoms. The lowest BCUT2D eigenvalue weighted by Crippen LogP contribution is -2.50. The van der Waals surface area contributed by atoms with Crippen LogP contribution in [0.5, 0.6) is 0 Å². The number of rotatable bonds is 4. The zero-order valence-electron chi connectivity index (χ0n) is 16.0. The summed E-state index contributed by atoms with van der Waals surface area (Å²) in [5.41, 5.74) is 4.45. The molecule has 2 aliphatic rings. The highest BCUT2D eigenvalue weighted by molar-refractivity contribution is 7.93. The third kappa shape index (κ3) is 3.99. The summed E-state index contributed by atoms with van der Waals surface area (Å²) in [5, 5.41) is 3.93. The van der Waals surface area contributed by atoms with Gasteiger partial charge in [-0.3, -0.25) is 24.1 Å². The fourth-order valence-electron chi connectivity index (χ4n) is 3.39. The molecule has 2 heterocycles. The van der Waals surface area contributed by atoms with Crippen LogP contribution < -0.4 is 20.1 Å². The van der Waals surface area contributed by atoms with Crippen LogP contribution in [0.15, 0.2) is 48.5 Å². The highest BCUT2D eigenvalue weighted by Crippen LogP contribution is 2.25. The van der Waals surface area contributed by atoms with Crippen molar-refractivity contribution in [3.8, 4) is 0 Å². The Balaban J connectivity index is 1.42. The van der Waals surface area contributed by atoms with E-state index in [4.69, 9.17) is 0 Å². The van der Waals surface area contributed by atoms with E-state index < -0.39 is 10.0 Å². The van der Waals surface area contributed by atoms with E-state index in [0.717, 1.165) is 0 Å². The molecule has 0 aliphatic carbocycles. The molecule has 2 N–H and O–H groups in total. The van der Waals surface area contributed by atoms with Crippen LogP contribution >= 0.6 is 0 Å². The van der Waals surface area contributed by atoms with Gasteiger partial charge in [0.2, 0.25) is 21.8 Å². The molecule has 2 aromatic carbocycles. The number of hydrogen-bond donors (Lipinski definition) is 2. The van der Waals surface area contributed by atoms with E-state index in [-0.39, 0.29) is 36.3 Å². The van der Waals surface area contributed by atoms with Gasteiger partial charge in [0, 0.05) is 30.6 Å². The van der Waals surface area contributed by atoms with Crippen molar-refractivity contribution in [1.29, 1.82) is 0 Å². The zero-order chi connectivity index (χ0) is 21.3. The molecular formula is C20H20N4O5S. The minimum atomic E-state index is -3.25. The first kappa shape index (κ1) is 19.9. The number of hydrazine groups is 1. The van der Waals surface area contributed by atoms with Crippen LogP contribution in [0.4, 0.5) is 17.1 Å². The van der Waals surface area contributed by atoms with Crippen LogP contribution in [0.3, 0.4) is 0 Å². The quantitative estimate of drug-likeness (QED) is 0.768. The second-order valence-electron chi connectivity index (χ2n) is 7.05. The SMILES string of the molecule is O=C1CCC(=O)N(c2ccc(C(=O)Nc3ccc(N4CCCS4(=O)=O)cc3)cc2)N1. The summed E-state index contributed by atoms with van der Waals surface area (Å²) >= 11 is 0. The van der Waals surface area contributed by atoms with Gasteiger partial charge in [-0.2, -0.15) is 0 Å². The maximum atomic E-state index is 12.5. The number of amides is 3. The van der Waals surface area contributed by atoms with Gasteiger partial charge in [0.25, 0.3) is 5.91 Å². The van der Waals surface area contributed by atoms with Gasteiger partial charge < -0.3 is 5.32 Å². The lowest BCUT2D eigenvalue weighted by Gasteiger charge is -2.27. The van der Waals surface area contributed by atoms with Crippen molar-refractivity contribution in [3.05, 3.63) is 54.1 Å².